The standard InChI is InChI=1S/C102H81BN4S/c1-100(2,3)69-48-54-88-82(58-69)83-59-70(101(4,5)6)49-55-89(83)105(88)73-51-53-85-91(63-73)107(99-80(66-34-18-12-19-35-66)60-71(102(7,8)9)61-81(99)67-36-20-13-21-37-67)93-57-68(74-41-29-47-95-96(74)79-40-24-27-46-94(79)108-95)56-92-97(93)103(85)84-52-50-72(104-86-44-25-22-38-77(86)78-39-23-26-45-87(78)104)62-90(84)106(92)98-75(64-30-14-10-15-31-64)42-28-43-76(98)65-32-16-11-17-33-65/h10-63H,1-9H3/i22D,23D,25D,26D,38D,39D,44D,45D. The summed E-state index contributed by atoms with van der Waals surface area (Å²) in [6.45, 7) is 20.1. The zero-order valence-electron chi connectivity index (χ0n) is 69.8. The Bertz CT molecular complexity index is 6930. The van der Waals surface area contributed by atoms with E-state index < -0.39 is 43.0 Å². The number of nitrogens with zero attached hydrogens (tertiary/aromatic N) is 4. The molecule has 2 aliphatic rings. The van der Waals surface area contributed by atoms with Gasteiger partial charge >= 0.3 is 0 Å². The monoisotopic (exact) mass is 1410 g/mol. The van der Waals surface area contributed by atoms with E-state index in [4.69, 9.17) is 2.74 Å². The second-order valence-corrected chi connectivity index (χ2v) is 33.3. The van der Waals surface area contributed by atoms with Gasteiger partial charge in [-0.05, 0) is 180 Å². The van der Waals surface area contributed by atoms with Crippen molar-refractivity contribution in [3.8, 4) is 67.0 Å². The highest BCUT2D eigenvalue weighted by Crippen LogP contribution is 2.56. The Morgan fingerprint density at radius 3 is 1.19 bits per heavy atom. The van der Waals surface area contributed by atoms with E-state index in [2.05, 4.69) is 338 Å². The topological polar surface area (TPSA) is 16.3 Å². The highest BCUT2D eigenvalue weighted by atomic mass is 32.1. The number of thiophene rings is 1. The summed E-state index contributed by atoms with van der Waals surface area (Å²) in [5, 5.41) is 4.66. The van der Waals surface area contributed by atoms with E-state index >= 15 is 0 Å². The van der Waals surface area contributed by atoms with Crippen LogP contribution in [0.5, 0.6) is 0 Å². The zero-order valence-corrected chi connectivity index (χ0v) is 62.6. The molecule has 108 heavy (non-hydrogen) atoms. The van der Waals surface area contributed by atoms with Crippen LogP contribution in [-0.4, -0.2) is 15.8 Å². The van der Waals surface area contributed by atoms with E-state index in [0.717, 1.165) is 138 Å². The molecule has 518 valence electrons. The molecular formula is C102H81BN4S. The summed E-state index contributed by atoms with van der Waals surface area (Å²) in [6, 6.07) is 98.7. The average molecular weight is 1410 g/mol. The number of aromatic nitrogens is 2. The molecule has 0 fully saturated rings. The van der Waals surface area contributed by atoms with E-state index in [1.54, 1.807) is 15.9 Å². The van der Waals surface area contributed by atoms with Crippen LogP contribution < -0.4 is 26.2 Å². The maximum atomic E-state index is 9.93. The van der Waals surface area contributed by atoms with Crippen LogP contribution in [0.2, 0.25) is 0 Å². The van der Waals surface area contributed by atoms with Gasteiger partial charge in [-0.15, -0.1) is 11.3 Å². The summed E-state index contributed by atoms with van der Waals surface area (Å²) in [6.07, 6.45) is 0. The minimum Gasteiger partial charge on any atom is -0.310 e. The molecular weight excluding hydrogens is 1320 g/mol. The fraction of sp³-hybridized carbons (Fsp3) is 0.118. The van der Waals surface area contributed by atoms with Gasteiger partial charge < -0.3 is 18.9 Å². The number of hydrogen-bond acceptors (Lipinski definition) is 3. The van der Waals surface area contributed by atoms with Crippen molar-refractivity contribution in [3.63, 3.8) is 0 Å². The molecule has 0 N–H and O–H groups in total. The molecule has 5 heterocycles. The minimum atomic E-state index is -0.541. The average Bonchev–Trinajstić information content (AvgIpc) is 0.885. The van der Waals surface area contributed by atoms with Crippen LogP contribution in [0, 0.1) is 0 Å². The van der Waals surface area contributed by atoms with Gasteiger partial charge in [0.05, 0.1) is 44.4 Å². The molecule has 0 atom stereocenters. The molecule has 0 saturated heterocycles. The van der Waals surface area contributed by atoms with Gasteiger partial charge in [-0.3, -0.25) is 0 Å². The second-order valence-electron chi connectivity index (χ2n) is 32.2. The fourth-order valence-corrected chi connectivity index (χ4v) is 18.4. The summed E-state index contributed by atoms with van der Waals surface area (Å²) < 4.78 is 82.6. The fourth-order valence-electron chi connectivity index (χ4n) is 17.3. The molecule has 3 aromatic heterocycles. The van der Waals surface area contributed by atoms with Crippen LogP contribution >= 0.6 is 11.3 Å². The number of para-hydroxylation sites is 3. The summed E-state index contributed by atoms with van der Waals surface area (Å²) in [7, 11) is 0. The van der Waals surface area contributed by atoms with E-state index in [1.165, 1.54) is 32.2 Å². The van der Waals surface area contributed by atoms with E-state index in [-0.39, 0.29) is 50.1 Å². The van der Waals surface area contributed by atoms with Gasteiger partial charge in [-0.2, -0.15) is 0 Å². The maximum Gasteiger partial charge on any atom is 0.252 e. The second kappa shape index (κ2) is 24.7. The van der Waals surface area contributed by atoms with Crippen molar-refractivity contribution in [2.45, 2.75) is 78.6 Å². The summed E-state index contributed by atoms with van der Waals surface area (Å²) >= 11 is 1.79. The van der Waals surface area contributed by atoms with Gasteiger partial charge in [-0.1, -0.05) is 293 Å². The Morgan fingerprint density at radius 1 is 0.296 bits per heavy atom. The van der Waals surface area contributed by atoms with Gasteiger partial charge in [0.15, 0.2) is 0 Å². The Kier molecular flexibility index (Phi) is 13.0. The maximum absolute atomic E-state index is 9.93. The molecule has 0 bridgehead atoms. The Hall–Kier alpha value is -12.2. The summed E-state index contributed by atoms with van der Waals surface area (Å²) in [5.41, 5.74) is 25.2. The van der Waals surface area contributed by atoms with Crippen molar-refractivity contribution in [2.24, 2.45) is 0 Å². The van der Waals surface area contributed by atoms with Crippen LogP contribution in [0.25, 0.3) is 131 Å². The number of fused-ring (bicyclic) bond motifs is 13. The van der Waals surface area contributed by atoms with E-state index in [1.807, 2.05) is 18.2 Å². The zero-order chi connectivity index (χ0) is 80.0. The normalized spacial score (nSPS) is 14.0. The third-order valence-electron chi connectivity index (χ3n) is 22.6. The van der Waals surface area contributed by atoms with Crippen molar-refractivity contribution in [1.29, 1.82) is 0 Å². The van der Waals surface area contributed by atoms with Gasteiger partial charge in [0, 0.05) is 98.1 Å². The number of anilines is 6. The van der Waals surface area contributed by atoms with Crippen molar-refractivity contribution in [2.75, 3.05) is 9.80 Å². The molecule has 0 amide bonds. The lowest BCUT2D eigenvalue weighted by molar-refractivity contribution is 0.590. The summed E-state index contributed by atoms with van der Waals surface area (Å²) in [5.74, 6) is 0. The van der Waals surface area contributed by atoms with Crippen LogP contribution in [0.4, 0.5) is 34.1 Å². The first-order valence-corrected chi connectivity index (χ1v) is 38.2. The van der Waals surface area contributed by atoms with Gasteiger partial charge in [0.2, 0.25) is 0 Å². The molecule has 15 aromatic carbocycles. The Labute approximate surface area is 648 Å². The van der Waals surface area contributed by atoms with Crippen LogP contribution in [-0.2, 0) is 16.2 Å². The molecule has 0 aliphatic carbocycles. The third kappa shape index (κ3) is 10.4. The summed E-state index contributed by atoms with van der Waals surface area (Å²) in [4.78, 5) is 5.08. The SMILES string of the molecule is [2H]c1c([2H])c([2H])c2c(c1[2H])c1c([2H])c([2H])c([2H])c([2H])c1n2-c1ccc2c(c1)N(c1c(-c3ccccc3)cccc1-c1ccccc1)c1cc(-c3cccc4sc5ccccc5c34)cc3c1B2c1ccc(-n2c4ccc(C(C)(C)C)cc4c4cc(C(C)(C)C)ccc42)cc1N3c1c(-c2ccccc2)cc(C(C)(C)C)cc1-c1ccccc1. The number of rotatable bonds is 9. The molecule has 0 radical (unpaired) electrons. The molecule has 4 nitrogen and oxygen atoms in total. The molecule has 2 aliphatic heterocycles. The number of hydrogen-bond donors (Lipinski definition) is 0. The smallest absolute Gasteiger partial charge is 0.252 e. The third-order valence-corrected chi connectivity index (χ3v) is 23.7. The highest BCUT2D eigenvalue weighted by molar-refractivity contribution is 7.26. The molecule has 20 rings (SSSR count). The van der Waals surface area contributed by atoms with Gasteiger partial charge in [0.1, 0.15) is 0 Å². The first kappa shape index (κ1) is 57.1. The molecule has 0 spiro atoms. The van der Waals surface area contributed by atoms with Crippen LogP contribution in [0.1, 0.15) is 90.0 Å². The molecule has 0 unspecified atom stereocenters. The predicted octanol–water partition coefficient (Wildman–Crippen LogP) is 26.6. The number of benzene rings is 15. The molecule has 0 saturated carbocycles. The lowest BCUT2D eigenvalue weighted by atomic mass is 9.33. The first-order valence-electron chi connectivity index (χ1n) is 41.4. The minimum absolute atomic E-state index is 0.00744. The lowest BCUT2D eigenvalue weighted by Crippen LogP contribution is -2.61. The predicted molar refractivity (Wildman–Crippen MR) is 465 cm³/mol. The van der Waals surface area contributed by atoms with Crippen molar-refractivity contribution in [1.82, 2.24) is 9.13 Å². The quantitative estimate of drug-likeness (QED) is 0.134. The van der Waals surface area contributed by atoms with Gasteiger partial charge in [0.25, 0.3) is 6.71 Å². The van der Waals surface area contributed by atoms with Crippen molar-refractivity contribution >= 4 is 132 Å². The van der Waals surface area contributed by atoms with E-state index in [0.29, 0.717) is 5.69 Å². The molecule has 18 aromatic rings. The van der Waals surface area contributed by atoms with E-state index in [9.17, 15) is 8.22 Å². The van der Waals surface area contributed by atoms with Crippen molar-refractivity contribution < 1.29 is 11.0 Å². The highest BCUT2D eigenvalue weighted by Gasteiger charge is 2.46. The van der Waals surface area contributed by atoms with Gasteiger partial charge in [-0.25, -0.2) is 0 Å². The van der Waals surface area contributed by atoms with Crippen LogP contribution in [0.15, 0.2) is 327 Å². The Balaban J connectivity index is 1.01. The van der Waals surface area contributed by atoms with Crippen molar-refractivity contribution in [3.05, 3.63) is 344 Å². The van der Waals surface area contributed by atoms with Crippen LogP contribution in [0.3, 0.4) is 0 Å². The lowest BCUT2D eigenvalue weighted by Gasteiger charge is -2.46. The largest absolute Gasteiger partial charge is 0.310 e. The molecule has 6 heteroatoms. The first-order chi connectivity index (χ1) is 55.8. The Morgan fingerprint density at radius 2 is 0.704 bits per heavy atom.